The van der Waals surface area contributed by atoms with Crippen LogP contribution in [-0.4, -0.2) is 11.3 Å². The molecule has 0 fully saturated rings. The van der Waals surface area contributed by atoms with E-state index in [9.17, 15) is 4.79 Å². The monoisotopic (exact) mass is 265 g/mol. The van der Waals surface area contributed by atoms with Gasteiger partial charge in [-0.1, -0.05) is 29.3 Å². The summed E-state index contributed by atoms with van der Waals surface area (Å²) in [5, 5.41) is 1.02. The molecule has 1 aromatic carbocycles. The predicted molar refractivity (Wildman–Crippen MR) is 69.5 cm³/mol. The highest BCUT2D eigenvalue weighted by atomic mass is 35.5. The SMILES string of the molecule is O=CCc1cc(Cl)ccc1-c1cccnc1Cl. The van der Waals surface area contributed by atoms with Gasteiger partial charge >= 0.3 is 0 Å². The van der Waals surface area contributed by atoms with Crippen LogP contribution in [0.1, 0.15) is 5.56 Å². The maximum absolute atomic E-state index is 10.7. The van der Waals surface area contributed by atoms with E-state index in [1.54, 1.807) is 24.4 Å². The lowest BCUT2D eigenvalue weighted by molar-refractivity contribution is -0.107. The number of aromatic nitrogens is 1. The molecule has 0 unspecified atom stereocenters. The molecule has 0 atom stereocenters. The summed E-state index contributed by atoms with van der Waals surface area (Å²) in [6.07, 6.45) is 2.78. The van der Waals surface area contributed by atoms with Crippen molar-refractivity contribution in [2.75, 3.05) is 0 Å². The Balaban J connectivity index is 2.58. The lowest BCUT2D eigenvalue weighted by Gasteiger charge is -2.09. The molecule has 2 nitrogen and oxygen atoms in total. The highest BCUT2D eigenvalue weighted by Gasteiger charge is 2.09. The fraction of sp³-hybridized carbons (Fsp3) is 0.0769. The molecule has 1 aromatic heterocycles. The number of hydrogen-bond acceptors (Lipinski definition) is 2. The zero-order chi connectivity index (χ0) is 12.3. The van der Waals surface area contributed by atoms with Gasteiger partial charge < -0.3 is 4.79 Å². The summed E-state index contributed by atoms with van der Waals surface area (Å²) < 4.78 is 0. The molecule has 0 spiro atoms. The maximum atomic E-state index is 10.7. The fourth-order valence-corrected chi connectivity index (χ4v) is 2.09. The minimum atomic E-state index is 0.307. The topological polar surface area (TPSA) is 30.0 Å². The number of pyridine rings is 1. The van der Waals surface area contributed by atoms with E-state index in [1.165, 1.54) is 0 Å². The van der Waals surface area contributed by atoms with Crippen molar-refractivity contribution in [2.24, 2.45) is 0 Å². The number of carbonyl (C=O) groups excluding carboxylic acids is 1. The molecule has 0 saturated carbocycles. The smallest absolute Gasteiger partial charge is 0.136 e. The highest BCUT2D eigenvalue weighted by Crippen LogP contribution is 2.30. The Morgan fingerprint density at radius 1 is 1.18 bits per heavy atom. The predicted octanol–water partition coefficient (Wildman–Crippen LogP) is 3.80. The third-order valence-corrected chi connectivity index (χ3v) is 2.96. The first kappa shape index (κ1) is 12.1. The van der Waals surface area contributed by atoms with Crippen LogP contribution in [-0.2, 0) is 11.2 Å². The van der Waals surface area contributed by atoms with Crippen molar-refractivity contribution >= 4 is 29.5 Å². The van der Waals surface area contributed by atoms with Gasteiger partial charge in [-0.25, -0.2) is 4.98 Å². The Kier molecular flexibility index (Phi) is 3.77. The number of aldehydes is 1. The summed E-state index contributed by atoms with van der Waals surface area (Å²) >= 11 is 12.0. The lowest BCUT2D eigenvalue weighted by Crippen LogP contribution is -1.92. The summed E-state index contributed by atoms with van der Waals surface area (Å²) in [5.74, 6) is 0. The molecule has 1 heterocycles. The number of nitrogens with zero attached hydrogens (tertiary/aromatic N) is 1. The number of carbonyl (C=O) groups is 1. The fourth-order valence-electron chi connectivity index (χ4n) is 1.67. The highest BCUT2D eigenvalue weighted by molar-refractivity contribution is 6.32. The van der Waals surface area contributed by atoms with Crippen LogP contribution in [0.15, 0.2) is 36.5 Å². The summed E-state index contributed by atoms with van der Waals surface area (Å²) in [6, 6.07) is 9.07. The Morgan fingerprint density at radius 2 is 2.00 bits per heavy atom. The molecule has 2 rings (SSSR count). The van der Waals surface area contributed by atoms with Gasteiger partial charge in [0.15, 0.2) is 0 Å². The molecule has 2 aromatic rings. The first-order valence-corrected chi connectivity index (χ1v) is 5.81. The number of halogens is 2. The molecule has 0 radical (unpaired) electrons. The molecule has 0 aliphatic carbocycles. The van der Waals surface area contributed by atoms with E-state index >= 15 is 0 Å². The summed E-state index contributed by atoms with van der Waals surface area (Å²) in [5.41, 5.74) is 2.55. The minimum Gasteiger partial charge on any atom is -0.303 e. The van der Waals surface area contributed by atoms with Gasteiger partial charge in [-0.05, 0) is 35.4 Å². The standard InChI is InChI=1S/C13H9Cl2NO/c14-10-3-4-11(9(8-10)5-7-17)12-2-1-6-16-13(12)15/h1-4,6-8H,5H2. The first-order chi connectivity index (χ1) is 8.22. The summed E-state index contributed by atoms with van der Waals surface area (Å²) in [4.78, 5) is 14.7. The van der Waals surface area contributed by atoms with Crippen LogP contribution < -0.4 is 0 Å². The second-order valence-corrected chi connectivity index (χ2v) is 4.31. The van der Waals surface area contributed by atoms with Crippen LogP contribution in [0.2, 0.25) is 10.2 Å². The van der Waals surface area contributed by atoms with Gasteiger partial charge in [0.1, 0.15) is 11.4 Å². The molecule has 4 heteroatoms. The molecular formula is C13H9Cl2NO. The normalized spacial score (nSPS) is 10.2. The van der Waals surface area contributed by atoms with Gasteiger partial charge in [0, 0.05) is 23.2 Å². The average Bonchev–Trinajstić information content (AvgIpc) is 2.31. The molecule has 0 saturated heterocycles. The van der Waals surface area contributed by atoms with Gasteiger partial charge in [-0.3, -0.25) is 0 Å². The Bertz CT molecular complexity index is 555. The Hall–Kier alpha value is -1.38. The number of rotatable bonds is 3. The van der Waals surface area contributed by atoms with Crippen molar-refractivity contribution in [3.05, 3.63) is 52.3 Å². The molecule has 0 aliphatic rings. The second kappa shape index (κ2) is 5.30. The lowest BCUT2D eigenvalue weighted by atomic mass is 9.99. The third-order valence-electron chi connectivity index (χ3n) is 2.42. The average molecular weight is 266 g/mol. The van der Waals surface area contributed by atoms with Crippen LogP contribution >= 0.6 is 23.2 Å². The number of benzene rings is 1. The quantitative estimate of drug-likeness (QED) is 0.624. The molecule has 17 heavy (non-hydrogen) atoms. The zero-order valence-electron chi connectivity index (χ0n) is 8.86. The maximum Gasteiger partial charge on any atom is 0.136 e. The molecule has 86 valence electrons. The van der Waals surface area contributed by atoms with E-state index in [1.807, 2.05) is 12.1 Å². The van der Waals surface area contributed by atoms with Crippen LogP contribution in [0.3, 0.4) is 0 Å². The van der Waals surface area contributed by atoms with Crippen molar-refractivity contribution in [1.82, 2.24) is 4.98 Å². The largest absolute Gasteiger partial charge is 0.303 e. The Labute approximate surface area is 109 Å². The summed E-state index contributed by atoms with van der Waals surface area (Å²) in [6.45, 7) is 0. The van der Waals surface area contributed by atoms with Crippen molar-refractivity contribution in [2.45, 2.75) is 6.42 Å². The summed E-state index contributed by atoms with van der Waals surface area (Å²) in [7, 11) is 0. The van der Waals surface area contributed by atoms with Crippen molar-refractivity contribution in [3.8, 4) is 11.1 Å². The van der Waals surface area contributed by atoms with Crippen LogP contribution in [0, 0.1) is 0 Å². The van der Waals surface area contributed by atoms with Gasteiger partial charge in [0.2, 0.25) is 0 Å². The van der Waals surface area contributed by atoms with E-state index in [0.717, 1.165) is 23.0 Å². The molecular weight excluding hydrogens is 257 g/mol. The van der Waals surface area contributed by atoms with Crippen molar-refractivity contribution in [3.63, 3.8) is 0 Å². The van der Waals surface area contributed by atoms with E-state index in [2.05, 4.69) is 4.98 Å². The van der Waals surface area contributed by atoms with Crippen LogP contribution in [0.25, 0.3) is 11.1 Å². The van der Waals surface area contributed by atoms with Gasteiger partial charge in [-0.2, -0.15) is 0 Å². The van der Waals surface area contributed by atoms with E-state index in [-0.39, 0.29) is 0 Å². The second-order valence-electron chi connectivity index (χ2n) is 3.51. The van der Waals surface area contributed by atoms with E-state index in [4.69, 9.17) is 23.2 Å². The van der Waals surface area contributed by atoms with Gasteiger partial charge in [0.05, 0.1) is 0 Å². The van der Waals surface area contributed by atoms with Crippen molar-refractivity contribution in [1.29, 1.82) is 0 Å². The van der Waals surface area contributed by atoms with Crippen LogP contribution in [0.4, 0.5) is 0 Å². The van der Waals surface area contributed by atoms with Gasteiger partial charge in [0.25, 0.3) is 0 Å². The minimum absolute atomic E-state index is 0.307. The molecule has 0 amide bonds. The number of hydrogen-bond donors (Lipinski definition) is 0. The van der Waals surface area contributed by atoms with Crippen LogP contribution in [0.5, 0.6) is 0 Å². The zero-order valence-corrected chi connectivity index (χ0v) is 10.4. The van der Waals surface area contributed by atoms with E-state index in [0.29, 0.717) is 16.6 Å². The first-order valence-electron chi connectivity index (χ1n) is 5.05. The molecule has 0 bridgehead atoms. The molecule has 0 aliphatic heterocycles. The molecule has 0 N–H and O–H groups in total. The van der Waals surface area contributed by atoms with Crippen molar-refractivity contribution < 1.29 is 4.79 Å². The van der Waals surface area contributed by atoms with E-state index < -0.39 is 0 Å². The van der Waals surface area contributed by atoms with Gasteiger partial charge in [-0.15, -0.1) is 0 Å². The third kappa shape index (κ3) is 2.65. The Morgan fingerprint density at radius 3 is 2.71 bits per heavy atom.